The Hall–Kier alpha value is -2.21. The predicted molar refractivity (Wildman–Crippen MR) is 76.5 cm³/mol. The average molecular weight is 288 g/mol. The van der Waals surface area contributed by atoms with Crippen molar-refractivity contribution in [3.8, 4) is 0 Å². The first kappa shape index (κ1) is 13.8. The number of aromatic carboxylic acids is 1. The number of carbonyl (C=O) groups is 1. The lowest BCUT2D eigenvalue weighted by molar-refractivity contribution is 0.0693. The zero-order chi connectivity index (χ0) is 15.0. The molecule has 6 nitrogen and oxygen atoms in total. The number of rotatable bonds is 2. The molecular formula is C15H16N2O4. The molecule has 0 aliphatic heterocycles. The van der Waals surface area contributed by atoms with Gasteiger partial charge in [0.15, 0.2) is 0 Å². The third-order valence-electron chi connectivity index (χ3n) is 4.08. The predicted octanol–water partition coefficient (Wildman–Crippen LogP) is 1.57. The number of carboxylic acids is 1. The highest BCUT2D eigenvalue weighted by molar-refractivity contribution is 5.91. The van der Waals surface area contributed by atoms with Crippen molar-refractivity contribution >= 4 is 17.0 Å². The molecule has 0 bridgehead atoms. The molecule has 0 saturated heterocycles. The Balaban J connectivity index is 2.19. The van der Waals surface area contributed by atoms with Crippen LogP contribution in [0.4, 0.5) is 0 Å². The van der Waals surface area contributed by atoms with Gasteiger partial charge in [0, 0.05) is 18.4 Å². The molecule has 1 saturated carbocycles. The van der Waals surface area contributed by atoms with Gasteiger partial charge in [0.1, 0.15) is 11.2 Å². The summed E-state index contributed by atoms with van der Waals surface area (Å²) in [6.07, 6.45) is 5.53. The highest BCUT2D eigenvalue weighted by atomic mass is 16.4. The summed E-state index contributed by atoms with van der Waals surface area (Å²) in [6, 6.07) is 3.29. The Kier molecular flexibility index (Phi) is 3.47. The second kappa shape index (κ2) is 5.29. The van der Waals surface area contributed by atoms with E-state index in [0.29, 0.717) is 23.9 Å². The van der Waals surface area contributed by atoms with Crippen LogP contribution in [0.3, 0.4) is 0 Å². The number of fused-ring (bicyclic) bond motifs is 1. The van der Waals surface area contributed by atoms with Crippen molar-refractivity contribution in [2.75, 3.05) is 0 Å². The standard InChI is InChI=1S/C15H16N2O4/c18-10-5-3-9(4-6-10)17-8-12(15(20)21)13(19)11-2-1-7-16-14(11)17/h1-2,7-10,18H,3-6H2,(H,20,21). The van der Waals surface area contributed by atoms with Gasteiger partial charge in [-0.15, -0.1) is 0 Å². The molecule has 2 heterocycles. The van der Waals surface area contributed by atoms with Gasteiger partial charge in [-0.2, -0.15) is 0 Å². The lowest BCUT2D eigenvalue weighted by Gasteiger charge is -2.28. The maximum Gasteiger partial charge on any atom is 0.341 e. The summed E-state index contributed by atoms with van der Waals surface area (Å²) in [4.78, 5) is 27.7. The summed E-state index contributed by atoms with van der Waals surface area (Å²) in [6.45, 7) is 0. The van der Waals surface area contributed by atoms with Gasteiger partial charge in [-0.25, -0.2) is 9.78 Å². The normalized spacial score (nSPS) is 22.3. The second-order valence-electron chi connectivity index (χ2n) is 5.42. The molecule has 0 aromatic carbocycles. The van der Waals surface area contributed by atoms with Crippen LogP contribution < -0.4 is 5.43 Å². The monoisotopic (exact) mass is 288 g/mol. The molecule has 1 fully saturated rings. The van der Waals surface area contributed by atoms with Gasteiger partial charge in [0.2, 0.25) is 5.43 Å². The first-order chi connectivity index (χ1) is 10.1. The quantitative estimate of drug-likeness (QED) is 0.875. The van der Waals surface area contributed by atoms with Crippen molar-refractivity contribution in [1.29, 1.82) is 0 Å². The van der Waals surface area contributed by atoms with Crippen molar-refractivity contribution in [2.24, 2.45) is 0 Å². The van der Waals surface area contributed by atoms with Crippen molar-refractivity contribution in [1.82, 2.24) is 9.55 Å². The van der Waals surface area contributed by atoms with Crippen molar-refractivity contribution < 1.29 is 15.0 Å². The Bertz CT molecular complexity index is 745. The van der Waals surface area contributed by atoms with E-state index in [4.69, 9.17) is 0 Å². The number of nitrogens with zero attached hydrogens (tertiary/aromatic N) is 2. The smallest absolute Gasteiger partial charge is 0.341 e. The van der Waals surface area contributed by atoms with Gasteiger partial charge in [-0.1, -0.05) is 0 Å². The number of pyridine rings is 2. The van der Waals surface area contributed by atoms with Crippen LogP contribution in [0, 0.1) is 0 Å². The van der Waals surface area contributed by atoms with Gasteiger partial charge < -0.3 is 14.8 Å². The van der Waals surface area contributed by atoms with Crippen molar-refractivity contribution in [3.05, 3.63) is 40.3 Å². The third kappa shape index (κ3) is 2.42. The number of aromatic nitrogens is 2. The van der Waals surface area contributed by atoms with E-state index in [2.05, 4.69) is 4.98 Å². The van der Waals surface area contributed by atoms with Crippen LogP contribution in [0.25, 0.3) is 11.0 Å². The second-order valence-corrected chi connectivity index (χ2v) is 5.42. The molecule has 1 aliphatic carbocycles. The molecule has 0 atom stereocenters. The summed E-state index contributed by atoms with van der Waals surface area (Å²) in [5, 5.41) is 19.1. The highest BCUT2D eigenvalue weighted by Crippen LogP contribution is 2.30. The maximum atomic E-state index is 12.2. The van der Waals surface area contributed by atoms with Crippen LogP contribution in [0.15, 0.2) is 29.3 Å². The van der Waals surface area contributed by atoms with E-state index in [1.54, 1.807) is 22.9 Å². The zero-order valence-corrected chi connectivity index (χ0v) is 11.4. The average Bonchev–Trinajstić information content (AvgIpc) is 2.49. The topological polar surface area (TPSA) is 92.4 Å². The number of hydrogen-bond acceptors (Lipinski definition) is 4. The van der Waals surface area contributed by atoms with Crippen LogP contribution in [0.1, 0.15) is 42.1 Å². The minimum atomic E-state index is -1.23. The van der Waals surface area contributed by atoms with Crippen LogP contribution in [-0.2, 0) is 0 Å². The number of aliphatic hydroxyl groups excluding tert-OH is 1. The Morgan fingerprint density at radius 2 is 2.00 bits per heavy atom. The van der Waals surface area contributed by atoms with Gasteiger partial charge in [-0.3, -0.25) is 4.79 Å². The zero-order valence-electron chi connectivity index (χ0n) is 11.4. The van der Waals surface area contributed by atoms with Gasteiger partial charge in [-0.05, 0) is 37.8 Å². The molecule has 1 aliphatic rings. The summed E-state index contributed by atoms with van der Waals surface area (Å²) >= 11 is 0. The molecule has 21 heavy (non-hydrogen) atoms. The van der Waals surface area contributed by atoms with Gasteiger partial charge >= 0.3 is 5.97 Å². The van der Waals surface area contributed by atoms with E-state index in [1.807, 2.05) is 0 Å². The number of carboxylic acid groups (broad SMARTS) is 1. The summed E-state index contributed by atoms with van der Waals surface area (Å²) in [5.41, 5.74) is -0.229. The van der Waals surface area contributed by atoms with E-state index in [-0.39, 0.29) is 17.7 Å². The maximum absolute atomic E-state index is 12.2. The molecule has 3 rings (SSSR count). The Labute approximate surface area is 120 Å². The van der Waals surface area contributed by atoms with Gasteiger partial charge in [0.25, 0.3) is 0 Å². The van der Waals surface area contributed by atoms with Crippen LogP contribution in [-0.4, -0.2) is 31.8 Å². The fourth-order valence-corrected chi connectivity index (χ4v) is 2.95. The summed E-state index contributed by atoms with van der Waals surface area (Å²) in [7, 11) is 0. The molecule has 0 amide bonds. The molecule has 6 heteroatoms. The van der Waals surface area contributed by atoms with E-state index < -0.39 is 11.4 Å². The van der Waals surface area contributed by atoms with Crippen LogP contribution >= 0.6 is 0 Å². The molecule has 2 aromatic rings. The lowest BCUT2D eigenvalue weighted by atomic mass is 9.92. The minimum absolute atomic E-state index is 0.0597. The van der Waals surface area contributed by atoms with E-state index in [9.17, 15) is 19.8 Å². The molecule has 0 unspecified atom stereocenters. The number of aliphatic hydroxyl groups is 1. The molecule has 0 radical (unpaired) electrons. The minimum Gasteiger partial charge on any atom is -0.477 e. The first-order valence-corrected chi connectivity index (χ1v) is 6.99. The Morgan fingerprint density at radius 1 is 1.29 bits per heavy atom. The molecule has 2 N–H and O–H groups in total. The molecule has 0 spiro atoms. The Morgan fingerprint density at radius 3 is 2.67 bits per heavy atom. The van der Waals surface area contributed by atoms with E-state index >= 15 is 0 Å². The first-order valence-electron chi connectivity index (χ1n) is 6.99. The van der Waals surface area contributed by atoms with E-state index in [1.165, 1.54) is 6.20 Å². The van der Waals surface area contributed by atoms with Crippen LogP contribution in [0.5, 0.6) is 0 Å². The molecule has 2 aromatic heterocycles. The van der Waals surface area contributed by atoms with Crippen molar-refractivity contribution in [3.63, 3.8) is 0 Å². The van der Waals surface area contributed by atoms with Gasteiger partial charge in [0.05, 0.1) is 11.5 Å². The molecule has 110 valence electrons. The van der Waals surface area contributed by atoms with Crippen molar-refractivity contribution in [2.45, 2.75) is 37.8 Å². The molecular weight excluding hydrogens is 272 g/mol. The lowest BCUT2D eigenvalue weighted by Crippen LogP contribution is -2.25. The summed E-state index contributed by atoms with van der Waals surface area (Å²) in [5.74, 6) is -1.23. The number of hydrogen-bond donors (Lipinski definition) is 2. The largest absolute Gasteiger partial charge is 0.477 e. The highest BCUT2D eigenvalue weighted by Gasteiger charge is 2.24. The fraction of sp³-hybridized carbons (Fsp3) is 0.400. The summed E-state index contributed by atoms with van der Waals surface area (Å²) < 4.78 is 1.78. The SMILES string of the molecule is O=C(O)c1cn(C2CCC(O)CC2)c2ncccc2c1=O. The fourth-order valence-electron chi connectivity index (χ4n) is 2.95. The van der Waals surface area contributed by atoms with E-state index in [0.717, 1.165) is 12.8 Å². The van der Waals surface area contributed by atoms with Crippen LogP contribution in [0.2, 0.25) is 0 Å². The third-order valence-corrected chi connectivity index (χ3v) is 4.08.